The molecular formula is C52H34N2O. The number of fused-ring (bicyclic) bond motifs is 7. The Kier molecular flexibility index (Phi) is 7.17. The third-order valence-electron chi connectivity index (χ3n) is 11.0. The van der Waals surface area contributed by atoms with Gasteiger partial charge in [0.25, 0.3) is 0 Å². The Hall–Kier alpha value is -7.36. The van der Waals surface area contributed by atoms with Crippen LogP contribution in [0.1, 0.15) is 0 Å². The third-order valence-corrected chi connectivity index (χ3v) is 11.0. The summed E-state index contributed by atoms with van der Waals surface area (Å²) in [5, 5.41) is 7.11. The molecule has 0 bridgehead atoms. The van der Waals surface area contributed by atoms with Crippen LogP contribution >= 0.6 is 0 Å². The Balaban J connectivity index is 1.03. The molecule has 0 atom stereocenters. The average molecular weight is 703 g/mol. The lowest BCUT2D eigenvalue weighted by Crippen LogP contribution is -2.10. The maximum Gasteiger partial charge on any atom is 0.159 e. The first kappa shape index (κ1) is 31.2. The second kappa shape index (κ2) is 12.6. The number of para-hydroxylation sites is 4. The molecule has 0 fully saturated rings. The van der Waals surface area contributed by atoms with E-state index in [1.807, 2.05) is 12.1 Å². The van der Waals surface area contributed by atoms with Crippen molar-refractivity contribution in [2.75, 3.05) is 4.90 Å². The van der Waals surface area contributed by atoms with E-state index >= 15 is 0 Å². The first-order valence-electron chi connectivity index (χ1n) is 18.8. The molecule has 0 saturated heterocycles. The highest BCUT2D eigenvalue weighted by atomic mass is 16.3. The van der Waals surface area contributed by atoms with Gasteiger partial charge in [-0.3, -0.25) is 0 Å². The Bertz CT molecular complexity index is 3200. The summed E-state index contributed by atoms with van der Waals surface area (Å²) in [5.41, 5.74) is 13.3. The molecule has 0 aliphatic carbocycles. The molecule has 55 heavy (non-hydrogen) atoms. The SMILES string of the molecule is c1ccc(N(c2ccc(-c3ccccc3-c3ccc4c(c3)c3ccccc3n4-c3cccc4c3oc3ccccc34)cc2)c2cccc3ccccc23)cc1. The standard InChI is InChI=1S/C52H34N2O/c1-2-16-38(17-3-1)53(47-25-12-15-35-14-4-5-20-42(35)47)39-31-28-36(29-32-39)40-18-6-7-19-41(40)37-30-33-49-46(34-37)43-21-8-10-24-48(43)54(49)50-26-13-23-45-44-22-9-11-27-51(44)55-52(45)50/h1-34H. The molecule has 0 amide bonds. The second-order valence-corrected chi connectivity index (χ2v) is 14.1. The summed E-state index contributed by atoms with van der Waals surface area (Å²) < 4.78 is 8.89. The highest BCUT2D eigenvalue weighted by Crippen LogP contribution is 2.43. The number of hydrogen-bond donors (Lipinski definition) is 0. The fourth-order valence-corrected chi connectivity index (χ4v) is 8.49. The molecular weight excluding hydrogens is 669 g/mol. The minimum absolute atomic E-state index is 0.899. The average Bonchev–Trinajstić information content (AvgIpc) is 3.80. The summed E-state index contributed by atoms with van der Waals surface area (Å²) in [5.74, 6) is 0. The predicted octanol–water partition coefficient (Wildman–Crippen LogP) is 14.6. The predicted molar refractivity (Wildman–Crippen MR) is 231 cm³/mol. The monoisotopic (exact) mass is 702 g/mol. The maximum absolute atomic E-state index is 6.53. The normalized spacial score (nSPS) is 11.6. The van der Waals surface area contributed by atoms with Crippen LogP contribution in [0.5, 0.6) is 0 Å². The lowest BCUT2D eigenvalue weighted by molar-refractivity contribution is 0.666. The van der Waals surface area contributed by atoms with Gasteiger partial charge in [-0.2, -0.15) is 0 Å². The fraction of sp³-hybridized carbons (Fsp3) is 0. The summed E-state index contributed by atoms with van der Waals surface area (Å²) in [6.45, 7) is 0. The zero-order chi connectivity index (χ0) is 36.3. The van der Waals surface area contributed by atoms with Crippen LogP contribution in [0, 0.1) is 0 Å². The molecule has 3 heteroatoms. The lowest BCUT2D eigenvalue weighted by Gasteiger charge is -2.27. The number of aromatic nitrogens is 1. The second-order valence-electron chi connectivity index (χ2n) is 14.1. The van der Waals surface area contributed by atoms with Crippen LogP contribution in [-0.2, 0) is 0 Å². The van der Waals surface area contributed by atoms with Crippen molar-refractivity contribution in [2.24, 2.45) is 0 Å². The summed E-state index contributed by atoms with van der Waals surface area (Å²) >= 11 is 0. The van der Waals surface area contributed by atoms with E-state index in [0.29, 0.717) is 0 Å². The minimum atomic E-state index is 0.899. The van der Waals surface area contributed by atoms with Crippen LogP contribution in [0.25, 0.3) is 82.5 Å². The molecule has 0 radical (unpaired) electrons. The van der Waals surface area contributed by atoms with E-state index in [-0.39, 0.29) is 0 Å². The van der Waals surface area contributed by atoms with Crippen molar-refractivity contribution in [3.8, 4) is 27.9 Å². The topological polar surface area (TPSA) is 21.3 Å². The Morgan fingerprint density at radius 3 is 1.84 bits per heavy atom. The molecule has 9 aromatic carbocycles. The number of furan rings is 1. The molecule has 0 unspecified atom stereocenters. The lowest BCUT2D eigenvalue weighted by atomic mass is 9.93. The van der Waals surface area contributed by atoms with E-state index in [2.05, 4.69) is 204 Å². The van der Waals surface area contributed by atoms with Gasteiger partial charge in [-0.1, -0.05) is 146 Å². The minimum Gasteiger partial charge on any atom is -0.454 e. The van der Waals surface area contributed by atoms with Crippen LogP contribution in [-0.4, -0.2) is 4.57 Å². The van der Waals surface area contributed by atoms with Gasteiger partial charge in [0.15, 0.2) is 5.58 Å². The zero-order valence-corrected chi connectivity index (χ0v) is 29.9. The van der Waals surface area contributed by atoms with Crippen LogP contribution in [0.4, 0.5) is 17.1 Å². The Morgan fingerprint density at radius 2 is 0.982 bits per heavy atom. The van der Waals surface area contributed by atoms with Gasteiger partial charge in [0.1, 0.15) is 5.58 Å². The number of benzene rings is 9. The molecule has 0 aliphatic rings. The first-order chi connectivity index (χ1) is 27.3. The Labute approximate surface area is 318 Å². The van der Waals surface area contributed by atoms with E-state index in [0.717, 1.165) is 55.7 Å². The van der Waals surface area contributed by atoms with Gasteiger partial charge >= 0.3 is 0 Å². The van der Waals surface area contributed by atoms with Gasteiger partial charge < -0.3 is 13.9 Å². The van der Waals surface area contributed by atoms with E-state index < -0.39 is 0 Å². The summed E-state index contributed by atoms with van der Waals surface area (Å²) in [6.07, 6.45) is 0. The van der Waals surface area contributed by atoms with Crippen LogP contribution in [0.3, 0.4) is 0 Å². The van der Waals surface area contributed by atoms with Crippen LogP contribution in [0.2, 0.25) is 0 Å². The smallest absolute Gasteiger partial charge is 0.159 e. The highest BCUT2D eigenvalue weighted by molar-refractivity contribution is 6.13. The van der Waals surface area contributed by atoms with E-state index in [1.54, 1.807) is 0 Å². The fourth-order valence-electron chi connectivity index (χ4n) is 8.49. The quantitative estimate of drug-likeness (QED) is 0.172. The van der Waals surface area contributed by atoms with E-state index in [4.69, 9.17) is 4.42 Å². The van der Waals surface area contributed by atoms with Gasteiger partial charge in [-0.05, 0) is 88.3 Å². The molecule has 0 saturated carbocycles. The zero-order valence-electron chi connectivity index (χ0n) is 29.9. The van der Waals surface area contributed by atoms with Crippen molar-refractivity contribution >= 4 is 71.6 Å². The van der Waals surface area contributed by atoms with Crippen molar-refractivity contribution in [1.82, 2.24) is 4.57 Å². The van der Waals surface area contributed by atoms with E-state index in [9.17, 15) is 0 Å². The van der Waals surface area contributed by atoms with Gasteiger partial charge in [0.2, 0.25) is 0 Å². The largest absolute Gasteiger partial charge is 0.454 e. The van der Waals surface area contributed by atoms with Crippen molar-refractivity contribution in [2.45, 2.75) is 0 Å². The van der Waals surface area contributed by atoms with Gasteiger partial charge in [-0.25, -0.2) is 0 Å². The molecule has 0 aliphatic heterocycles. The summed E-state index contributed by atoms with van der Waals surface area (Å²) in [4.78, 5) is 2.35. The maximum atomic E-state index is 6.53. The van der Waals surface area contributed by atoms with Crippen molar-refractivity contribution in [1.29, 1.82) is 0 Å². The van der Waals surface area contributed by atoms with Crippen molar-refractivity contribution in [3.05, 3.63) is 206 Å². The number of anilines is 3. The molecule has 11 aromatic rings. The Morgan fingerprint density at radius 1 is 0.382 bits per heavy atom. The molecule has 2 aromatic heterocycles. The van der Waals surface area contributed by atoms with Gasteiger partial charge in [0, 0.05) is 38.3 Å². The number of nitrogens with zero attached hydrogens (tertiary/aromatic N) is 2. The molecule has 0 N–H and O–H groups in total. The number of hydrogen-bond acceptors (Lipinski definition) is 2. The van der Waals surface area contributed by atoms with Crippen LogP contribution in [0.15, 0.2) is 211 Å². The first-order valence-corrected chi connectivity index (χ1v) is 18.8. The molecule has 2 heterocycles. The van der Waals surface area contributed by atoms with Gasteiger partial charge in [0.05, 0.1) is 22.4 Å². The third kappa shape index (κ3) is 5.05. The summed E-state index contributed by atoms with van der Waals surface area (Å²) in [7, 11) is 0. The molecule has 258 valence electrons. The van der Waals surface area contributed by atoms with Crippen molar-refractivity contribution in [3.63, 3.8) is 0 Å². The van der Waals surface area contributed by atoms with Crippen molar-refractivity contribution < 1.29 is 4.42 Å². The van der Waals surface area contributed by atoms with Crippen LogP contribution < -0.4 is 4.90 Å². The van der Waals surface area contributed by atoms with E-state index in [1.165, 1.54) is 43.8 Å². The summed E-state index contributed by atoms with van der Waals surface area (Å²) in [6, 6.07) is 73.9. The molecule has 11 rings (SSSR count). The van der Waals surface area contributed by atoms with Gasteiger partial charge in [-0.15, -0.1) is 0 Å². The number of rotatable bonds is 6. The molecule has 0 spiro atoms. The highest BCUT2D eigenvalue weighted by Gasteiger charge is 2.19. The molecule has 3 nitrogen and oxygen atoms in total.